The normalized spacial score (nSPS) is 27.4. The molecule has 33 heavy (non-hydrogen) atoms. The van der Waals surface area contributed by atoms with Gasteiger partial charge in [0.1, 0.15) is 47.6 Å². The molecular weight excluding hydrogens is 499 g/mol. The molecule has 3 aromatic heterocycles. The Morgan fingerprint density at radius 3 is 2.79 bits per heavy atom. The number of H-pyrrole nitrogens is 1. The fourth-order valence-electron chi connectivity index (χ4n) is 3.63. The lowest BCUT2D eigenvalue weighted by atomic mass is 10.1. The third-order valence-electron chi connectivity index (χ3n) is 5.19. The van der Waals surface area contributed by atoms with Gasteiger partial charge in [0.2, 0.25) is 0 Å². The standard InChI is InChI=1S/C15H17N8O7PS2/c24-9-6(1-29-31(26,27)28)30-14(10(9)25)21-3-18-8-11(21)20-5-23(15(8)33)22-4-19-7-12(22)16-2-17-13(7)32/h2-6,9-10,14-15,24-25,33H,1H2,(H,16,17,32)(H2,26,27,28)/t6-,9?,10?,14-,15?/m1/s1. The van der Waals surface area contributed by atoms with E-state index in [9.17, 15) is 14.8 Å². The monoisotopic (exact) mass is 516 g/mol. The van der Waals surface area contributed by atoms with Gasteiger partial charge < -0.3 is 29.7 Å². The molecule has 0 aromatic carbocycles. The van der Waals surface area contributed by atoms with Crippen LogP contribution in [0.25, 0.3) is 11.2 Å². The largest absolute Gasteiger partial charge is 0.469 e. The number of thiol groups is 1. The van der Waals surface area contributed by atoms with Gasteiger partial charge in [-0.15, -0.1) is 12.6 Å². The Hall–Kier alpha value is -2.21. The summed E-state index contributed by atoms with van der Waals surface area (Å²) in [7, 11) is -4.77. The number of aliphatic hydroxyl groups is 2. The van der Waals surface area contributed by atoms with Crippen LogP contribution in [-0.2, 0) is 13.8 Å². The summed E-state index contributed by atoms with van der Waals surface area (Å²) in [5.74, 6) is 0.318. The fourth-order valence-corrected chi connectivity index (χ4v) is 4.53. The van der Waals surface area contributed by atoms with Crippen molar-refractivity contribution in [3.05, 3.63) is 29.3 Å². The average Bonchev–Trinajstić information content (AvgIpc) is 3.45. The molecule has 5 atom stereocenters. The van der Waals surface area contributed by atoms with Crippen molar-refractivity contribution in [1.82, 2.24) is 29.2 Å². The summed E-state index contributed by atoms with van der Waals surface area (Å²) >= 11 is 9.84. The van der Waals surface area contributed by atoms with Crippen LogP contribution in [0.4, 0.5) is 5.82 Å². The van der Waals surface area contributed by atoms with Crippen molar-refractivity contribution >= 4 is 56.0 Å². The van der Waals surface area contributed by atoms with Gasteiger partial charge in [-0.05, 0) is 0 Å². The van der Waals surface area contributed by atoms with Crippen LogP contribution in [0.2, 0.25) is 0 Å². The summed E-state index contributed by atoms with van der Waals surface area (Å²) in [6.45, 7) is -0.619. The maximum atomic E-state index is 10.9. The second kappa shape index (κ2) is 8.23. The lowest BCUT2D eigenvalue weighted by molar-refractivity contribution is -0.0512. The Labute approximate surface area is 195 Å². The fraction of sp³-hybridized carbons (Fsp3) is 0.400. The maximum Gasteiger partial charge on any atom is 0.469 e. The zero-order chi connectivity index (χ0) is 23.5. The van der Waals surface area contributed by atoms with Gasteiger partial charge >= 0.3 is 7.82 Å². The van der Waals surface area contributed by atoms with Crippen molar-refractivity contribution in [2.24, 2.45) is 4.99 Å². The summed E-state index contributed by atoms with van der Waals surface area (Å²) in [5, 5.41) is 21.7. The highest BCUT2D eigenvalue weighted by molar-refractivity contribution is 7.80. The number of phosphoric ester groups is 1. The van der Waals surface area contributed by atoms with Crippen LogP contribution in [0.5, 0.6) is 0 Å². The number of aliphatic hydroxyl groups excluding tert-OH is 2. The number of ether oxygens (including phenoxy) is 1. The van der Waals surface area contributed by atoms with Gasteiger partial charge in [0.05, 0.1) is 19.3 Å². The second-order valence-electron chi connectivity index (χ2n) is 7.19. The molecule has 5 rings (SSSR count). The number of rotatable bonds is 5. The topological polar surface area (TPSA) is 196 Å². The van der Waals surface area contributed by atoms with Gasteiger partial charge in [0.15, 0.2) is 22.3 Å². The summed E-state index contributed by atoms with van der Waals surface area (Å²) in [4.78, 5) is 37.7. The molecule has 15 nitrogen and oxygen atoms in total. The van der Waals surface area contributed by atoms with Crippen molar-refractivity contribution in [2.75, 3.05) is 11.6 Å². The number of aromatic nitrogens is 6. The first-order valence-corrected chi connectivity index (χ1v) is 11.8. The molecular formula is C15H17N8O7PS2. The molecule has 3 unspecified atom stereocenters. The zero-order valence-corrected chi connectivity index (χ0v) is 19.0. The van der Waals surface area contributed by atoms with Crippen LogP contribution >= 0.6 is 32.7 Å². The number of imidazole rings is 2. The number of aromatic amines is 1. The van der Waals surface area contributed by atoms with Crippen LogP contribution < -0.4 is 5.01 Å². The van der Waals surface area contributed by atoms with E-state index < -0.39 is 44.3 Å². The highest BCUT2D eigenvalue weighted by atomic mass is 32.1. The molecule has 5 heterocycles. The molecule has 5 N–H and O–H groups in total. The minimum absolute atomic E-state index is 0.318. The second-order valence-corrected chi connectivity index (χ2v) is 9.30. The van der Waals surface area contributed by atoms with Gasteiger partial charge in [0, 0.05) is 0 Å². The van der Waals surface area contributed by atoms with E-state index in [0.717, 1.165) is 0 Å². The number of hydrogen-bond donors (Lipinski definition) is 6. The third kappa shape index (κ3) is 3.90. The molecule has 0 bridgehead atoms. The zero-order valence-electron chi connectivity index (χ0n) is 16.4. The van der Waals surface area contributed by atoms with E-state index in [-0.39, 0.29) is 0 Å². The number of hydrogen-bond acceptors (Lipinski definition) is 12. The van der Waals surface area contributed by atoms with E-state index in [1.165, 1.54) is 29.9 Å². The van der Waals surface area contributed by atoms with Crippen LogP contribution in [0.15, 0.2) is 24.0 Å². The molecule has 0 aliphatic carbocycles. The average molecular weight is 516 g/mol. The summed E-state index contributed by atoms with van der Waals surface area (Å²) in [6, 6.07) is 0. The van der Waals surface area contributed by atoms with Gasteiger partial charge in [-0.3, -0.25) is 9.09 Å². The summed E-state index contributed by atoms with van der Waals surface area (Å²) in [5.41, 5.74) is 1.50. The summed E-state index contributed by atoms with van der Waals surface area (Å²) in [6.07, 6.45) is 0.640. The lowest BCUT2D eigenvalue weighted by Crippen LogP contribution is -2.36. The lowest BCUT2D eigenvalue weighted by Gasteiger charge is -2.29. The Morgan fingerprint density at radius 1 is 1.24 bits per heavy atom. The SMILES string of the molecule is O=P(O)(O)OC[C@H]1O[C@@H](n2cnc3c2N=CN(n2cnc4c(=S)nc[nH]c42)C3S)C(O)C1O. The van der Waals surface area contributed by atoms with Gasteiger partial charge in [0.25, 0.3) is 0 Å². The van der Waals surface area contributed by atoms with E-state index in [1.54, 1.807) is 9.69 Å². The number of phosphoric acid groups is 1. The highest BCUT2D eigenvalue weighted by Gasteiger charge is 2.46. The van der Waals surface area contributed by atoms with Crippen molar-refractivity contribution in [3.63, 3.8) is 0 Å². The molecule has 2 aliphatic rings. The molecule has 2 aliphatic heterocycles. The first-order valence-electron chi connectivity index (χ1n) is 9.35. The van der Waals surface area contributed by atoms with Crippen LogP contribution in [0, 0.1) is 4.64 Å². The van der Waals surface area contributed by atoms with Crippen molar-refractivity contribution in [2.45, 2.75) is 29.9 Å². The highest BCUT2D eigenvalue weighted by Crippen LogP contribution is 2.41. The van der Waals surface area contributed by atoms with E-state index in [2.05, 4.69) is 42.1 Å². The quantitative estimate of drug-likeness (QED) is 0.147. The van der Waals surface area contributed by atoms with E-state index in [4.69, 9.17) is 26.7 Å². The Balaban J connectivity index is 1.42. The molecule has 0 saturated carbocycles. The number of fused-ring (bicyclic) bond motifs is 2. The molecule has 1 saturated heterocycles. The molecule has 176 valence electrons. The van der Waals surface area contributed by atoms with Crippen molar-refractivity contribution in [1.29, 1.82) is 0 Å². The van der Waals surface area contributed by atoms with Crippen LogP contribution in [0.3, 0.4) is 0 Å². The molecule has 3 aromatic rings. The Kier molecular flexibility index (Phi) is 5.63. The van der Waals surface area contributed by atoms with E-state index in [0.29, 0.717) is 27.3 Å². The Bertz CT molecular complexity index is 1340. The van der Waals surface area contributed by atoms with Gasteiger partial charge in [-0.2, -0.15) is 0 Å². The number of nitrogens with zero attached hydrogens (tertiary/aromatic N) is 7. The van der Waals surface area contributed by atoms with E-state index in [1.807, 2.05) is 0 Å². The predicted octanol–water partition coefficient (Wildman–Crippen LogP) is -0.346. The Morgan fingerprint density at radius 2 is 2.03 bits per heavy atom. The minimum Gasteiger partial charge on any atom is -0.387 e. The van der Waals surface area contributed by atoms with Crippen molar-refractivity contribution in [3.8, 4) is 0 Å². The molecule has 18 heteroatoms. The number of nitrogens with one attached hydrogen (secondary N) is 1. The third-order valence-corrected chi connectivity index (χ3v) is 6.46. The first-order chi connectivity index (χ1) is 15.7. The predicted molar refractivity (Wildman–Crippen MR) is 117 cm³/mol. The van der Waals surface area contributed by atoms with E-state index >= 15 is 0 Å². The molecule has 1 fully saturated rings. The first kappa shape index (κ1) is 22.6. The maximum absolute atomic E-state index is 10.9. The van der Waals surface area contributed by atoms with Gasteiger partial charge in [-0.1, -0.05) is 12.2 Å². The molecule has 0 spiro atoms. The smallest absolute Gasteiger partial charge is 0.387 e. The molecule has 0 amide bonds. The van der Waals surface area contributed by atoms with Crippen LogP contribution in [0.1, 0.15) is 17.3 Å². The minimum atomic E-state index is -4.77. The summed E-state index contributed by atoms with van der Waals surface area (Å²) < 4.78 is 24.3. The molecule has 0 radical (unpaired) electrons. The number of aliphatic imine (C=N–C) groups is 1. The van der Waals surface area contributed by atoms with Crippen molar-refractivity contribution < 1.29 is 33.8 Å². The van der Waals surface area contributed by atoms with Gasteiger partial charge in [-0.25, -0.2) is 34.2 Å². The van der Waals surface area contributed by atoms with Crippen LogP contribution in [-0.4, -0.2) is 80.4 Å².